The lowest BCUT2D eigenvalue weighted by molar-refractivity contribution is -0.135. The second kappa shape index (κ2) is 8.86. The number of methoxy groups -OCH3 is 1. The fourth-order valence-electron chi connectivity index (χ4n) is 3.79. The summed E-state index contributed by atoms with van der Waals surface area (Å²) in [5, 5.41) is 7.41. The van der Waals surface area contributed by atoms with Gasteiger partial charge in [-0.05, 0) is 55.5 Å². The molecule has 0 saturated carbocycles. The van der Waals surface area contributed by atoms with Gasteiger partial charge in [0.05, 0.1) is 13.2 Å². The summed E-state index contributed by atoms with van der Waals surface area (Å²) < 4.78 is 5.27. The zero-order valence-corrected chi connectivity index (χ0v) is 16.5. The van der Waals surface area contributed by atoms with E-state index in [1.165, 1.54) is 0 Å². The summed E-state index contributed by atoms with van der Waals surface area (Å²) in [4.78, 5) is 23.7. The number of nitrogens with zero attached hydrogens (tertiary/aromatic N) is 4. The van der Waals surface area contributed by atoms with Gasteiger partial charge in [-0.2, -0.15) is 5.10 Å². The van der Waals surface area contributed by atoms with E-state index in [0.29, 0.717) is 18.7 Å². The normalized spacial score (nSPS) is 16.6. The van der Waals surface area contributed by atoms with Crippen molar-refractivity contribution in [2.45, 2.75) is 38.1 Å². The van der Waals surface area contributed by atoms with Gasteiger partial charge in [-0.15, -0.1) is 0 Å². The minimum atomic E-state index is -0.0513. The van der Waals surface area contributed by atoms with Crippen molar-refractivity contribution in [1.29, 1.82) is 0 Å². The molecule has 3 aromatic rings. The molecule has 1 saturated heterocycles. The number of carbonyl (C=O) groups excluding carboxylic acids is 1. The molecule has 1 fully saturated rings. The molecule has 1 aliphatic heterocycles. The molecular formula is C22H25N5O2. The number of nitrogens with one attached hydrogen (secondary N) is 1. The summed E-state index contributed by atoms with van der Waals surface area (Å²) in [6.45, 7) is 0.757. The Bertz CT molecular complexity index is 957. The van der Waals surface area contributed by atoms with Gasteiger partial charge < -0.3 is 9.64 Å². The molecule has 150 valence electrons. The van der Waals surface area contributed by atoms with Crippen LogP contribution in [0.3, 0.4) is 0 Å². The highest BCUT2D eigenvalue weighted by Gasteiger charge is 2.30. The van der Waals surface area contributed by atoms with Gasteiger partial charge in [0.25, 0.3) is 0 Å². The molecule has 0 bridgehead atoms. The number of pyridine rings is 1. The summed E-state index contributed by atoms with van der Waals surface area (Å²) in [6.07, 6.45) is 7.60. The average molecular weight is 391 g/mol. The summed E-state index contributed by atoms with van der Waals surface area (Å²) in [5.74, 6) is 2.36. The lowest BCUT2D eigenvalue weighted by Gasteiger charge is -2.34. The number of hydrogen-bond acceptors (Lipinski definition) is 5. The van der Waals surface area contributed by atoms with Crippen molar-refractivity contribution in [3.8, 4) is 17.1 Å². The maximum absolute atomic E-state index is 13.0. The van der Waals surface area contributed by atoms with Crippen LogP contribution in [-0.2, 0) is 11.2 Å². The van der Waals surface area contributed by atoms with E-state index in [1.54, 1.807) is 19.5 Å². The van der Waals surface area contributed by atoms with Crippen molar-refractivity contribution < 1.29 is 9.53 Å². The van der Waals surface area contributed by atoms with Crippen LogP contribution in [0.5, 0.6) is 5.75 Å². The fraction of sp³-hybridized carbons (Fsp3) is 0.364. The van der Waals surface area contributed by atoms with E-state index in [0.717, 1.165) is 48.5 Å². The molecular weight excluding hydrogens is 366 g/mol. The number of likely N-dealkylation sites (tertiary alicyclic amines) is 1. The molecule has 7 nitrogen and oxygen atoms in total. The van der Waals surface area contributed by atoms with Gasteiger partial charge in [-0.25, -0.2) is 4.98 Å². The lowest BCUT2D eigenvalue weighted by atomic mass is 10.00. The smallest absolute Gasteiger partial charge is 0.223 e. The van der Waals surface area contributed by atoms with Crippen LogP contribution in [-0.4, -0.2) is 44.6 Å². The van der Waals surface area contributed by atoms with Crippen LogP contribution in [0.25, 0.3) is 11.4 Å². The Kier molecular flexibility index (Phi) is 5.84. The molecule has 0 spiro atoms. The summed E-state index contributed by atoms with van der Waals surface area (Å²) in [6, 6.07) is 11.6. The van der Waals surface area contributed by atoms with Crippen LogP contribution >= 0.6 is 0 Å². The number of carbonyl (C=O) groups is 1. The molecule has 0 aliphatic carbocycles. The first-order valence-corrected chi connectivity index (χ1v) is 9.99. The van der Waals surface area contributed by atoms with E-state index in [9.17, 15) is 4.79 Å². The predicted octanol–water partition coefficient (Wildman–Crippen LogP) is 3.56. The number of aromatic amines is 1. The Morgan fingerprint density at radius 2 is 2.10 bits per heavy atom. The van der Waals surface area contributed by atoms with Gasteiger partial charge in [0.2, 0.25) is 5.91 Å². The van der Waals surface area contributed by atoms with Crippen molar-refractivity contribution in [3.05, 3.63) is 60.2 Å². The molecule has 3 heterocycles. The van der Waals surface area contributed by atoms with Crippen LogP contribution in [0, 0.1) is 0 Å². The predicted molar refractivity (Wildman–Crippen MR) is 109 cm³/mol. The zero-order valence-electron chi connectivity index (χ0n) is 16.5. The van der Waals surface area contributed by atoms with Crippen molar-refractivity contribution in [3.63, 3.8) is 0 Å². The van der Waals surface area contributed by atoms with Gasteiger partial charge >= 0.3 is 0 Å². The largest absolute Gasteiger partial charge is 0.497 e. The number of benzene rings is 1. The lowest BCUT2D eigenvalue weighted by Crippen LogP contribution is -2.39. The molecule has 2 aromatic heterocycles. The summed E-state index contributed by atoms with van der Waals surface area (Å²) >= 11 is 0. The number of aromatic nitrogens is 4. The molecule has 7 heteroatoms. The minimum absolute atomic E-state index is 0.0513. The zero-order chi connectivity index (χ0) is 20.1. The number of hydrogen-bond donors (Lipinski definition) is 1. The van der Waals surface area contributed by atoms with Gasteiger partial charge in [-0.3, -0.25) is 14.9 Å². The Labute approximate surface area is 170 Å². The van der Waals surface area contributed by atoms with Crippen LogP contribution < -0.4 is 4.74 Å². The van der Waals surface area contributed by atoms with Crippen molar-refractivity contribution in [2.24, 2.45) is 0 Å². The highest BCUT2D eigenvalue weighted by molar-refractivity contribution is 5.77. The highest BCUT2D eigenvalue weighted by Crippen LogP contribution is 2.30. The quantitative estimate of drug-likeness (QED) is 0.695. The van der Waals surface area contributed by atoms with Gasteiger partial charge in [-0.1, -0.05) is 12.1 Å². The van der Waals surface area contributed by atoms with Gasteiger partial charge in [0.1, 0.15) is 11.6 Å². The monoisotopic (exact) mass is 391 g/mol. The third-order valence-corrected chi connectivity index (χ3v) is 5.34. The number of H-pyrrole nitrogens is 1. The Hall–Kier alpha value is -3.22. The molecule has 29 heavy (non-hydrogen) atoms. The van der Waals surface area contributed by atoms with Crippen LogP contribution in [0.15, 0.2) is 48.8 Å². The Balaban J connectivity index is 1.46. The maximum atomic E-state index is 13.0. The van der Waals surface area contributed by atoms with Crippen molar-refractivity contribution in [1.82, 2.24) is 25.1 Å². The molecule has 1 amide bonds. The molecule has 4 rings (SSSR count). The van der Waals surface area contributed by atoms with Gasteiger partial charge in [0, 0.05) is 30.9 Å². The fourth-order valence-corrected chi connectivity index (χ4v) is 3.79. The molecule has 1 aliphatic rings. The minimum Gasteiger partial charge on any atom is -0.497 e. The first-order valence-electron chi connectivity index (χ1n) is 9.99. The first-order chi connectivity index (χ1) is 14.2. The van der Waals surface area contributed by atoms with E-state index in [1.807, 2.05) is 41.3 Å². The average Bonchev–Trinajstić information content (AvgIpc) is 3.28. The van der Waals surface area contributed by atoms with Crippen molar-refractivity contribution >= 4 is 5.91 Å². The third-order valence-electron chi connectivity index (χ3n) is 5.34. The number of amides is 1. The topological polar surface area (TPSA) is 84.0 Å². The first kappa shape index (κ1) is 19.1. The number of piperidine rings is 1. The van der Waals surface area contributed by atoms with Gasteiger partial charge in [0.15, 0.2) is 5.82 Å². The number of ether oxygens (including phenoxy) is 1. The van der Waals surface area contributed by atoms with Crippen LogP contribution in [0.2, 0.25) is 0 Å². The molecule has 1 atom stereocenters. The van der Waals surface area contributed by atoms with E-state index in [2.05, 4.69) is 20.2 Å². The van der Waals surface area contributed by atoms with E-state index < -0.39 is 0 Å². The molecule has 1 unspecified atom stereocenters. The van der Waals surface area contributed by atoms with E-state index in [-0.39, 0.29) is 11.9 Å². The Morgan fingerprint density at radius 3 is 2.93 bits per heavy atom. The standard InChI is InChI=1S/C22H25N5O2/c1-29-18-6-4-5-16(15-18)8-9-20(28)27-14-3-2-7-19(27)22-24-21(25-26-22)17-10-12-23-13-11-17/h4-6,10-13,15,19H,2-3,7-9,14H2,1H3,(H,24,25,26). The summed E-state index contributed by atoms with van der Waals surface area (Å²) in [7, 11) is 1.65. The van der Waals surface area contributed by atoms with Crippen LogP contribution in [0.4, 0.5) is 0 Å². The number of aryl methyl sites for hydroxylation is 1. The van der Waals surface area contributed by atoms with Crippen molar-refractivity contribution in [2.75, 3.05) is 13.7 Å². The number of rotatable bonds is 6. The molecule has 1 aromatic carbocycles. The SMILES string of the molecule is COc1cccc(CCC(=O)N2CCCCC2c2nc(-c3ccncc3)n[nH]2)c1. The second-order valence-corrected chi connectivity index (χ2v) is 7.23. The third kappa shape index (κ3) is 4.45. The summed E-state index contributed by atoms with van der Waals surface area (Å²) in [5.41, 5.74) is 2.01. The van der Waals surface area contributed by atoms with E-state index >= 15 is 0 Å². The van der Waals surface area contributed by atoms with E-state index in [4.69, 9.17) is 4.74 Å². The Morgan fingerprint density at radius 1 is 1.24 bits per heavy atom. The molecule has 1 N–H and O–H groups in total. The maximum Gasteiger partial charge on any atom is 0.223 e. The second-order valence-electron chi connectivity index (χ2n) is 7.23. The van der Waals surface area contributed by atoms with Crippen LogP contribution in [0.1, 0.15) is 43.1 Å². The molecule has 0 radical (unpaired) electrons. The highest BCUT2D eigenvalue weighted by atomic mass is 16.5.